The van der Waals surface area contributed by atoms with Crippen molar-refractivity contribution in [2.45, 2.75) is 19.3 Å². The van der Waals surface area contributed by atoms with Gasteiger partial charge in [-0.15, -0.1) is 0 Å². The van der Waals surface area contributed by atoms with Gasteiger partial charge in [-0.2, -0.15) is 10.4 Å². The molecule has 0 fully saturated rings. The van der Waals surface area contributed by atoms with Gasteiger partial charge in [-0.1, -0.05) is 40.2 Å². The number of rotatable bonds is 5. The summed E-state index contributed by atoms with van der Waals surface area (Å²) < 4.78 is 15.2. The molecule has 0 unspecified atom stereocenters. The predicted molar refractivity (Wildman–Crippen MR) is 92.9 cm³/mol. The Kier molecular flexibility index (Phi) is 4.73. The number of benzene rings is 2. The summed E-state index contributed by atoms with van der Waals surface area (Å²) in [6.07, 6.45) is 4.11. The van der Waals surface area contributed by atoms with Crippen molar-refractivity contribution in [3.63, 3.8) is 0 Å². The number of nitrogens with one attached hydrogen (secondary N) is 1. The average Bonchev–Trinajstić information content (AvgIpc) is 3.10. The van der Waals surface area contributed by atoms with Crippen LogP contribution in [0.3, 0.4) is 0 Å². The summed E-state index contributed by atoms with van der Waals surface area (Å²) in [6, 6.07) is 11.2. The van der Waals surface area contributed by atoms with Crippen LogP contribution in [-0.4, -0.2) is 15.5 Å². The molecule has 116 valence electrons. The van der Waals surface area contributed by atoms with E-state index in [2.05, 4.69) is 32.2 Å². The second-order valence-corrected chi connectivity index (χ2v) is 6.11. The highest BCUT2D eigenvalue weighted by Crippen LogP contribution is 2.36. The Morgan fingerprint density at radius 2 is 1.96 bits per heavy atom. The molecule has 0 saturated carbocycles. The van der Waals surface area contributed by atoms with E-state index in [0.717, 1.165) is 23.7 Å². The van der Waals surface area contributed by atoms with Crippen LogP contribution in [0.2, 0.25) is 0 Å². The Balaban J connectivity index is 2.31. The lowest BCUT2D eigenvalue weighted by Gasteiger charge is -2.15. The molecule has 1 aromatic heterocycles. The summed E-state index contributed by atoms with van der Waals surface area (Å²) in [6.45, 7) is 0. The number of nitriles is 1. The maximum Gasteiger partial charge on any atom is 0.140 e. The molecular formula is C18H15BrFN3. The topological polar surface area (TPSA) is 52.5 Å². The van der Waals surface area contributed by atoms with Crippen LogP contribution in [0, 0.1) is 17.1 Å². The number of hydrogen-bond donors (Lipinski definition) is 1. The fourth-order valence-corrected chi connectivity index (χ4v) is 3.29. The molecule has 3 nitrogen and oxygen atoms in total. The molecule has 0 aliphatic rings. The predicted octanol–water partition coefficient (Wildman–Crippen LogP) is 4.96. The van der Waals surface area contributed by atoms with Gasteiger partial charge >= 0.3 is 0 Å². The monoisotopic (exact) mass is 371 g/mol. The summed E-state index contributed by atoms with van der Waals surface area (Å²) in [5.74, 6) is -0.294. The number of hydrogen-bond acceptors (Lipinski definition) is 2. The molecule has 0 radical (unpaired) electrons. The Labute approximate surface area is 142 Å². The molecule has 5 heteroatoms. The van der Waals surface area contributed by atoms with Crippen LogP contribution in [-0.2, 0) is 6.42 Å². The van der Waals surface area contributed by atoms with Crippen LogP contribution in [0.25, 0.3) is 22.0 Å². The van der Waals surface area contributed by atoms with Crippen LogP contribution in [0.15, 0.2) is 36.5 Å². The number of alkyl halides is 1. The first-order chi connectivity index (χ1) is 11.3. The molecule has 0 aliphatic carbocycles. The first kappa shape index (κ1) is 15.7. The highest BCUT2D eigenvalue weighted by atomic mass is 79.9. The summed E-state index contributed by atoms with van der Waals surface area (Å²) in [4.78, 5) is 0. The van der Waals surface area contributed by atoms with Gasteiger partial charge in [-0.05, 0) is 30.9 Å². The molecule has 0 atom stereocenters. The van der Waals surface area contributed by atoms with Crippen LogP contribution >= 0.6 is 15.9 Å². The standard InChI is InChI=1S/C18H15BrFN3/c19-9-4-3-6-13-15(11-21)12-5-1-2-7-14(12)18(20)17(13)16-8-10-22-23-16/h1-2,5,7-8,10H,3-4,6,9H2,(H,22,23). The second-order valence-electron chi connectivity index (χ2n) is 5.32. The van der Waals surface area contributed by atoms with Crippen molar-refractivity contribution in [3.8, 4) is 17.3 Å². The van der Waals surface area contributed by atoms with Crippen LogP contribution < -0.4 is 0 Å². The SMILES string of the molecule is N#Cc1c(CCCCBr)c(-c2ccn[nH]2)c(F)c2ccccc12. The number of unbranched alkanes of at least 4 members (excludes halogenated alkanes) is 1. The van der Waals surface area contributed by atoms with Gasteiger partial charge in [-0.3, -0.25) is 5.10 Å². The van der Waals surface area contributed by atoms with Crippen molar-refractivity contribution in [2.24, 2.45) is 0 Å². The highest BCUT2D eigenvalue weighted by Gasteiger charge is 2.21. The summed E-state index contributed by atoms with van der Waals surface area (Å²) in [5.41, 5.74) is 2.39. The molecule has 0 amide bonds. The molecule has 2 aromatic carbocycles. The Hall–Kier alpha value is -2.19. The van der Waals surface area contributed by atoms with Crippen molar-refractivity contribution in [2.75, 3.05) is 5.33 Å². The quantitative estimate of drug-likeness (QED) is 0.509. The molecule has 3 rings (SSSR count). The van der Waals surface area contributed by atoms with Crippen molar-refractivity contribution in [1.29, 1.82) is 5.26 Å². The van der Waals surface area contributed by atoms with E-state index in [1.807, 2.05) is 12.1 Å². The number of nitrogens with zero attached hydrogens (tertiary/aromatic N) is 2. The zero-order chi connectivity index (χ0) is 16.2. The molecular weight excluding hydrogens is 357 g/mol. The van der Waals surface area contributed by atoms with Gasteiger partial charge < -0.3 is 0 Å². The maximum absolute atomic E-state index is 15.2. The smallest absolute Gasteiger partial charge is 0.140 e. The lowest BCUT2D eigenvalue weighted by molar-refractivity contribution is 0.639. The molecule has 1 N–H and O–H groups in total. The van der Waals surface area contributed by atoms with E-state index in [4.69, 9.17) is 0 Å². The van der Waals surface area contributed by atoms with E-state index in [0.29, 0.717) is 34.0 Å². The third kappa shape index (κ3) is 2.87. The van der Waals surface area contributed by atoms with Gasteiger partial charge in [0.05, 0.1) is 11.3 Å². The van der Waals surface area contributed by atoms with Crippen molar-refractivity contribution < 1.29 is 4.39 Å². The number of H-pyrrole nitrogens is 1. The van der Waals surface area contributed by atoms with Gasteiger partial charge in [0.2, 0.25) is 0 Å². The normalized spacial score (nSPS) is 10.8. The third-order valence-corrected chi connectivity index (χ3v) is 4.51. The molecule has 0 bridgehead atoms. The fraction of sp³-hybridized carbons (Fsp3) is 0.222. The summed E-state index contributed by atoms with van der Waals surface area (Å²) in [5, 5.41) is 18.5. The molecule has 0 saturated heterocycles. The Morgan fingerprint density at radius 1 is 1.17 bits per heavy atom. The number of fused-ring (bicyclic) bond motifs is 1. The minimum absolute atomic E-state index is 0.294. The highest BCUT2D eigenvalue weighted by molar-refractivity contribution is 9.09. The summed E-state index contributed by atoms with van der Waals surface area (Å²) in [7, 11) is 0. The van der Waals surface area contributed by atoms with Gasteiger partial charge in [0.15, 0.2) is 0 Å². The minimum Gasteiger partial charge on any atom is -0.278 e. The van der Waals surface area contributed by atoms with Gasteiger partial charge in [0.25, 0.3) is 0 Å². The van der Waals surface area contributed by atoms with Crippen LogP contribution in [0.4, 0.5) is 4.39 Å². The first-order valence-corrected chi connectivity index (χ1v) is 8.59. The third-order valence-electron chi connectivity index (χ3n) is 3.95. The summed E-state index contributed by atoms with van der Waals surface area (Å²) >= 11 is 3.41. The molecule has 1 heterocycles. The van der Waals surface area contributed by atoms with Crippen LogP contribution in [0.5, 0.6) is 0 Å². The number of aromatic nitrogens is 2. The second kappa shape index (κ2) is 6.93. The number of aromatic amines is 1. The lowest BCUT2D eigenvalue weighted by atomic mass is 9.89. The Bertz CT molecular complexity index is 866. The molecule has 0 spiro atoms. The zero-order valence-electron chi connectivity index (χ0n) is 12.4. The van der Waals surface area contributed by atoms with Gasteiger partial charge in [0, 0.05) is 27.9 Å². The van der Waals surface area contributed by atoms with Crippen molar-refractivity contribution in [1.82, 2.24) is 10.2 Å². The van der Waals surface area contributed by atoms with Crippen LogP contribution in [0.1, 0.15) is 24.0 Å². The fourth-order valence-electron chi connectivity index (χ4n) is 2.90. The van der Waals surface area contributed by atoms with E-state index in [1.165, 1.54) is 0 Å². The number of halogens is 2. The molecule has 3 aromatic rings. The van der Waals surface area contributed by atoms with E-state index in [9.17, 15) is 5.26 Å². The average molecular weight is 372 g/mol. The van der Waals surface area contributed by atoms with E-state index >= 15 is 4.39 Å². The van der Waals surface area contributed by atoms with Gasteiger partial charge in [0.1, 0.15) is 11.9 Å². The van der Waals surface area contributed by atoms with Gasteiger partial charge in [-0.25, -0.2) is 4.39 Å². The van der Waals surface area contributed by atoms with Crippen molar-refractivity contribution >= 4 is 26.7 Å². The maximum atomic E-state index is 15.2. The van der Waals surface area contributed by atoms with E-state index in [-0.39, 0.29) is 5.82 Å². The molecule has 0 aliphatic heterocycles. The van der Waals surface area contributed by atoms with Crippen molar-refractivity contribution in [3.05, 3.63) is 53.5 Å². The zero-order valence-corrected chi connectivity index (χ0v) is 14.0. The largest absolute Gasteiger partial charge is 0.278 e. The Morgan fingerprint density at radius 3 is 2.61 bits per heavy atom. The van der Waals surface area contributed by atoms with E-state index in [1.54, 1.807) is 24.4 Å². The minimum atomic E-state index is -0.294. The lowest BCUT2D eigenvalue weighted by Crippen LogP contribution is -2.01. The first-order valence-electron chi connectivity index (χ1n) is 7.46. The molecule has 23 heavy (non-hydrogen) atoms. The van der Waals surface area contributed by atoms with E-state index < -0.39 is 0 Å².